The smallest absolute Gasteiger partial charge is 0.321 e. The Bertz CT molecular complexity index is 494. The van der Waals surface area contributed by atoms with Crippen molar-refractivity contribution < 1.29 is 14.7 Å². The molecule has 0 radical (unpaired) electrons. The molecule has 1 atom stereocenters. The van der Waals surface area contributed by atoms with E-state index in [2.05, 4.69) is 5.32 Å². The lowest BCUT2D eigenvalue weighted by atomic mass is 10.1. The molecule has 5 nitrogen and oxygen atoms in total. The number of carbonyl (C=O) groups excluding carboxylic acids is 1. The SMILES string of the molecule is CSCCC(C)N(C)C(=O)Nc1cccc(CC(=O)O)c1. The summed E-state index contributed by atoms with van der Waals surface area (Å²) in [7, 11) is 1.77. The standard InChI is InChI=1S/C15H22N2O3S/c1-11(7-8-21-3)17(2)15(20)16-13-6-4-5-12(9-13)10-14(18)19/h4-6,9,11H,7-8,10H2,1-3H3,(H,16,20)(H,18,19). The number of carboxylic acids is 1. The van der Waals surface area contributed by atoms with Gasteiger partial charge >= 0.3 is 12.0 Å². The molecular formula is C15H22N2O3S. The van der Waals surface area contributed by atoms with Gasteiger partial charge in [-0.3, -0.25) is 4.79 Å². The molecule has 0 aromatic heterocycles. The largest absolute Gasteiger partial charge is 0.481 e. The average Bonchev–Trinajstić information content (AvgIpc) is 2.43. The normalized spacial score (nSPS) is 11.8. The van der Waals surface area contributed by atoms with E-state index in [-0.39, 0.29) is 18.5 Å². The van der Waals surface area contributed by atoms with E-state index in [9.17, 15) is 9.59 Å². The molecule has 0 aliphatic rings. The van der Waals surface area contributed by atoms with Gasteiger partial charge in [0.15, 0.2) is 0 Å². The van der Waals surface area contributed by atoms with E-state index < -0.39 is 5.97 Å². The molecule has 1 aromatic carbocycles. The van der Waals surface area contributed by atoms with Crippen LogP contribution >= 0.6 is 11.8 Å². The Morgan fingerprint density at radius 1 is 1.43 bits per heavy atom. The summed E-state index contributed by atoms with van der Waals surface area (Å²) in [6.07, 6.45) is 2.93. The van der Waals surface area contributed by atoms with Crippen LogP contribution in [0.5, 0.6) is 0 Å². The van der Waals surface area contributed by atoms with Gasteiger partial charge in [-0.2, -0.15) is 11.8 Å². The second-order valence-corrected chi connectivity index (χ2v) is 5.93. The molecule has 0 bridgehead atoms. The maximum Gasteiger partial charge on any atom is 0.321 e. The fourth-order valence-corrected chi connectivity index (χ4v) is 2.40. The molecule has 2 amide bonds. The number of nitrogens with one attached hydrogen (secondary N) is 1. The number of urea groups is 1. The van der Waals surface area contributed by atoms with Gasteiger partial charge in [0.1, 0.15) is 0 Å². The summed E-state index contributed by atoms with van der Waals surface area (Å²) >= 11 is 1.76. The highest BCUT2D eigenvalue weighted by Crippen LogP contribution is 2.13. The van der Waals surface area contributed by atoms with E-state index in [1.807, 2.05) is 13.2 Å². The molecule has 1 aromatic rings. The van der Waals surface area contributed by atoms with Crippen molar-refractivity contribution in [1.82, 2.24) is 4.90 Å². The average molecular weight is 310 g/mol. The first-order valence-electron chi connectivity index (χ1n) is 6.77. The minimum atomic E-state index is -0.888. The number of thioether (sulfide) groups is 1. The first-order chi connectivity index (χ1) is 9.93. The lowest BCUT2D eigenvalue weighted by molar-refractivity contribution is -0.136. The molecule has 0 aliphatic carbocycles. The highest BCUT2D eigenvalue weighted by molar-refractivity contribution is 7.98. The van der Waals surface area contributed by atoms with Crippen LogP contribution in [-0.4, -0.2) is 47.1 Å². The summed E-state index contributed by atoms with van der Waals surface area (Å²) in [6.45, 7) is 2.01. The van der Waals surface area contributed by atoms with Gasteiger partial charge in [-0.05, 0) is 43.0 Å². The Morgan fingerprint density at radius 2 is 2.14 bits per heavy atom. The molecule has 1 unspecified atom stereocenters. The van der Waals surface area contributed by atoms with Gasteiger partial charge < -0.3 is 15.3 Å². The Labute approximate surface area is 129 Å². The fourth-order valence-electron chi connectivity index (χ4n) is 1.83. The number of hydrogen-bond donors (Lipinski definition) is 2. The van der Waals surface area contributed by atoms with Crippen molar-refractivity contribution in [3.8, 4) is 0 Å². The molecule has 0 saturated heterocycles. The zero-order valence-corrected chi connectivity index (χ0v) is 13.4. The van der Waals surface area contributed by atoms with Gasteiger partial charge in [-0.15, -0.1) is 0 Å². The van der Waals surface area contributed by atoms with Gasteiger partial charge in [0.05, 0.1) is 6.42 Å². The highest BCUT2D eigenvalue weighted by Gasteiger charge is 2.15. The molecular weight excluding hydrogens is 288 g/mol. The van der Waals surface area contributed by atoms with Gasteiger partial charge in [0.2, 0.25) is 0 Å². The molecule has 0 fully saturated rings. The van der Waals surface area contributed by atoms with Crippen LogP contribution in [0, 0.1) is 0 Å². The number of nitrogens with zero attached hydrogens (tertiary/aromatic N) is 1. The van der Waals surface area contributed by atoms with Crippen molar-refractivity contribution in [1.29, 1.82) is 0 Å². The van der Waals surface area contributed by atoms with Crippen LogP contribution in [0.3, 0.4) is 0 Å². The quantitative estimate of drug-likeness (QED) is 0.812. The maximum atomic E-state index is 12.1. The number of carboxylic acid groups (broad SMARTS) is 1. The van der Waals surface area contributed by atoms with Crippen molar-refractivity contribution in [3.63, 3.8) is 0 Å². The predicted molar refractivity (Wildman–Crippen MR) is 87.0 cm³/mol. The maximum absolute atomic E-state index is 12.1. The second kappa shape index (κ2) is 8.56. The molecule has 21 heavy (non-hydrogen) atoms. The van der Waals surface area contributed by atoms with Crippen molar-refractivity contribution >= 4 is 29.4 Å². The number of aliphatic carboxylic acids is 1. The van der Waals surface area contributed by atoms with E-state index in [1.165, 1.54) is 0 Å². The molecule has 116 valence electrons. The van der Waals surface area contributed by atoms with E-state index in [4.69, 9.17) is 5.11 Å². The molecule has 0 saturated carbocycles. The number of carbonyl (C=O) groups is 2. The van der Waals surface area contributed by atoms with Crippen molar-refractivity contribution in [3.05, 3.63) is 29.8 Å². The molecule has 0 aliphatic heterocycles. The zero-order valence-electron chi connectivity index (χ0n) is 12.6. The van der Waals surface area contributed by atoms with Crippen molar-refractivity contribution in [2.24, 2.45) is 0 Å². The van der Waals surface area contributed by atoms with Crippen LogP contribution in [0.25, 0.3) is 0 Å². The third kappa shape index (κ3) is 6.08. The van der Waals surface area contributed by atoms with Gasteiger partial charge in [-0.25, -0.2) is 4.79 Å². The van der Waals surface area contributed by atoms with Gasteiger partial charge in [0, 0.05) is 18.8 Å². The van der Waals surface area contributed by atoms with Crippen LogP contribution in [0.4, 0.5) is 10.5 Å². The predicted octanol–water partition coefficient (Wildman–Crippen LogP) is 2.92. The summed E-state index contributed by atoms with van der Waals surface area (Å²) in [5, 5.41) is 11.6. The Morgan fingerprint density at radius 3 is 2.76 bits per heavy atom. The summed E-state index contributed by atoms with van der Waals surface area (Å²) in [4.78, 5) is 24.5. The van der Waals surface area contributed by atoms with Crippen LogP contribution in [0.2, 0.25) is 0 Å². The number of anilines is 1. The van der Waals surface area contributed by atoms with E-state index in [1.54, 1.807) is 48.0 Å². The van der Waals surface area contributed by atoms with Crippen LogP contribution in [-0.2, 0) is 11.2 Å². The van der Waals surface area contributed by atoms with Crippen molar-refractivity contribution in [2.45, 2.75) is 25.8 Å². The second-order valence-electron chi connectivity index (χ2n) is 4.94. The lowest BCUT2D eigenvalue weighted by Crippen LogP contribution is -2.38. The number of benzene rings is 1. The Balaban J connectivity index is 2.63. The molecule has 1 rings (SSSR count). The zero-order chi connectivity index (χ0) is 15.8. The van der Waals surface area contributed by atoms with E-state index in [0.29, 0.717) is 11.3 Å². The number of amides is 2. The minimum Gasteiger partial charge on any atom is -0.481 e. The van der Waals surface area contributed by atoms with E-state index >= 15 is 0 Å². The summed E-state index contributed by atoms with van der Waals surface area (Å²) in [5.74, 6) is 0.119. The van der Waals surface area contributed by atoms with Crippen LogP contribution < -0.4 is 5.32 Å². The van der Waals surface area contributed by atoms with Crippen LogP contribution in [0.1, 0.15) is 18.9 Å². The highest BCUT2D eigenvalue weighted by atomic mass is 32.2. The Hall–Kier alpha value is -1.69. The third-order valence-corrected chi connectivity index (χ3v) is 3.90. The van der Waals surface area contributed by atoms with Crippen LogP contribution in [0.15, 0.2) is 24.3 Å². The molecule has 2 N–H and O–H groups in total. The van der Waals surface area contributed by atoms with Gasteiger partial charge in [0.25, 0.3) is 0 Å². The summed E-state index contributed by atoms with van der Waals surface area (Å²) in [6, 6.07) is 6.88. The summed E-state index contributed by atoms with van der Waals surface area (Å²) < 4.78 is 0. The molecule has 0 spiro atoms. The van der Waals surface area contributed by atoms with Crippen molar-refractivity contribution in [2.75, 3.05) is 24.4 Å². The topological polar surface area (TPSA) is 69.6 Å². The monoisotopic (exact) mass is 310 g/mol. The summed E-state index contributed by atoms with van der Waals surface area (Å²) in [5.41, 5.74) is 1.28. The number of hydrogen-bond acceptors (Lipinski definition) is 3. The first kappa shape index (κ1) is 17.4. The van der Waals surface area contributed by atoms with Gasteiger partial charge in [-0.1, -0.05) is 12.1 Å². The third-order valence-electron chi connectivity index (χ3n) is 3.25. The Kier molecular flexibility index (Phi) is 7.08. The molecule has 0 heterocycles. The fraction of sp³-hybridized carbons (Fsp3) is 0.467. The minimum absolute atomic E-state index is 0.0519. The number of rotatable bonds is 7. The molecule has 6 heteroatoms. The first-order valence-corrected chi connectivity index (χ1v) is 8.17. The lowest BCUT2D eigenvalue weighted by Gasteiger charge is -2.25. The van der Waals surface area contributed by atoms with E-state index in [0.717, 1.165) is 12.2 Å².